The lowest BCUT2D eigenvalue weighted by Gasteiger charge is -2.16. The molecule has 20 heavy (non-hydrogen) atoms. The predicted octanol–water partition coefficient (Wildman–Crippen LogP) is 1.90. The van der Waals surface area contributed by atoms with Gasteiger partial charge in [-0.25, -0.2) is 0 Å². The van der Waals surface area contributed by atoms with E-state index < -0.39 is 0 Å². The molecule has 0 radical (unpaired) electrons. The standard InChI is InChI=1S/C16H26N2O2/c1-3-17-12-14-4-6-15(7-5-14)20-11-10-18-9-8-16(13-18)19-2/h4-7,16-17H,3,8-13H2,1-2H3. The largest absolute Gasteiger partial charge is 0.492 e. The molecule has 0 aromatic heterocycles. The number of nitrogens with one attached hydrogen (secondary N) is 1. The van der Waals surface area contributed by atoms with Crippen molar-refractivity contribution in [1.29, 1.82) is 0 Å². The molecule has 1 atom stereocenters. The third-order valence-corrected chi connectivity index (χ3v) is 3.74. The van der Waals surface area contributed by atoms with Crippen molar-refractivity contribution >= 4 is 0 Å². The van der Waals surface area contributed by atoms with Gasteiger partial charge in [-0.2, -0.15) is 0 Å². The van der Waals surface area contributed by atoms with Gasteiger partial charge < -0.3 is 14.8 Å². The number of nitrogens with zero attached hydrogens (tertiary/aromatic N) is 1. The van der Waals surface area contributed by atoms with Gasteiger partial charge in [0.15, 0.2) is 0 Å². The van der Waals surface area contributed by atoms with Crippen LogP contribution in [-0.4, -0.2) is 50.9 Å². The Hall–Kier alpha value is -1.10. The Balaban J connectivity index is 1.66. The van der Waals surface area contributed by atoms with Gasteiger partial charge in [0.05, 0.1) is 6.10 Å². The van der Waals surface area contributed by atoms with Crippen LogP contribution in [0.25, 0.3) is 0 Å². The highest BCUT2D eigenvalue weighted by Gasteiger charge is 2.21. The second-order valence-corrected chi connectivity index (χ2v) is 5.22. The first-order valence-corrected chi connectivity index (χ1v) is 7.49. The van der Waals surface area contributed by atoms with Crippen molar-refractivity contribution in [1.82, 2.24) is 10.2 Å². The smallest absolute Gasteiger partial charge is 0.119 e. The Morgan fingerprint density at radius 1 is 1.30 bits per heavy atom. The molecular formula is C16H26N2O2. The van der Waals surface area contributed by atoms with Crippen LogP contribution in [-0.2, 0) is 11.3 Å². The number of hydrogen-bond acceptors (Lipinski definition) is 4. The van der Waals surface area contributed by atoms with Crippen LogP contribution in [0.5, 0.6) is 5.75 Å². The zero-order valence-electron chi connectivity index (χ0n) is 12.6. The van der Waals surface area contributed by atoms with Crippen molar-refractivity contribution in [3.8, 4) is 5.75 Å². The molecule has 1 aliphatic rings. The molecule has 0 saturated carbocycles. The van der Waals surface area contributed by atoms with Crippen LogP contribution in [0, 0.1) is 0 Å². The van der Waals surface area contributed by atoms with Crippen molar-refractivity contribution in [3.05, 3.63) is 29.8 Å². The van der Waals surface area contributed by atoms with Gasteiger partial charge in [0.2, 0.25) is 0 Å². The Kier molecular flexibility index (Phi) is 6.30. The van der Waals surface area contributed by atoms with E-state index in [1.54, 1.807) is 7.11 Å². The molecule has 0 bridgehead atoms. The second kappa shape index (κ2) is 8.25. The maximum atomic E-state index is 5.79. The average Bonchev–Trinajstić information content (AvgIpc) is 2.94. The SMILES string of the molecule is CCNCc1ccc(OCCN2CCC(OC)C2)cc1. The third-order valence-electron chi connectivity index (χ3n) is 3.74. The molecule has 1 fully saturated rings. The second-order valence-electron chi connectivity index (χ2n) is 5.22. The minimum absolute atomic E-state index is 0.403. The van der Waals surface area contributed by atoms with Crippen LogP contribution in [0.3, 0.4) is 0 Å². The molecule has 4 nitrogen and oxygen atoms in total. The van der Waals surface area contributed by atoms with Gasteiger partial charge in [0, 0.05) is 33.3 Å². The first-order chi connectivity index (χ1) is 9.81. The minimum Gasteiger partial charge on any atom is -0.492 e. The summed E-state index contributed by atoms with van der Waals surface area (Å²) < 4.78 is 11.2. The summed E-state index contributed by atoms with van der Waals surface area (Å²) in [6, 6.07) is 8.34. The van der Waals surface area contributed by atoms with Crippen molar-refractivity contribution in [2.45, 2.75) is 26.0 Å². The molecular weight excluding hydrogens is 252 g/mol. The molecule has 112 valence electrons. The van der Waals surface area contributed by atoms with Crippen molar-refractivity contribution in [3.63, 3.8) is 0 Å². The van der Waals surface area contributed by atoms with Gasteiger partial charge in [0.25, 0.3) is 0 Å². The van der Waals surface area contributed by atoms with Gasteiger partial charge in [-0.3, -0.25) is 4.90 Å². The first-order valence-electron chi connectivity index (χ1n) is 7.49. The van der Waals surface area contributed by atoms with E-state index in [0.29, 0.717) is 6.10 Å². The van der Waals surface area contributed by atoms with Crippen LogP contribution in [0.4, 0.5) is 0 Å². The normalized spacial score (nSPS) is 19.4. The molecule has 2 rings (SSSR count). The lowest BCUT2D eigenvalue weighted by molar-refractivity contribution is 0.106. The molecule has 1 aromatic rings. The van der Waals surface area contributed by atoms with E-state index in [2.05, 4.69) is 41.4 Å². The number of rotatable bonds is 8. The highest BCUT2D eigenvalue weighted by atomic mass is 16.5. The molecule has 1 unspecified atom stereocenters. The molecule has 1 saturated heterocycles. The molecule has 1 N–H and O–H groups in total. The Morgan fingerprint density at radius 3 is 2.75 bits per heavy atom. The summed E-state index contributed by atoms with van der Waals surface area (Å²) in [5, 5.41) is 3.31. The van der Waals surface area contributed by atoms with Crippen molar-refractivity contribution < 1.29 is 9.47 Å². The lowest BCUT2D eigenvalue weighted by atomic mass is 10.2. The summed E-state index contributed by atoms with van der Waals surface area (Å²) in [7, 11) is 1.79. The highest BCUT2D eigenvalue weighted by molar-refractivity contribution is 5.27. The van der Waals surface area contributed by atoms with Crippen LogP contribution in [0.15, 0.2) is 24.3 Å². The number of methoxy groups -OCH3 is 1. The summed E-state index contributed by atoms with van der Waals surface area (Å²) in [6.45, 7) is 7.89. The first kappa shape index (κ1) is 15.3. The fourth-order valence-electron chi connectivity index (χ4n) is 2.46. The molecule has 0 aliphatic carbocycles. The fraction of sp³-hybridized carbons (Fsp3) is 0.625. The number of ether oxygens (including phenoxy) is 2. The number of likely N-dealkylation sites (tertiary alicyclic amines) is 1. The zero-order valence-corrected chi connectivity index (χ0v) is 12.6. The number of hydrogen-bond donors (Lipinski definition) is 1. The predicted molar refractivity (Wildman–Crippen MR) is 81.2 cm³/mol. The van der Waals surface area contributed by atoms with E-state index in [9.17, 15) is 0 Å². The summed E-state index contributed by atoms with van der Waals surface area (Å²) >= 11 is 0. The summed E-state index contributed by atoms with van der Waals surface area (Å²) in [4.78, 5) is 2.40. The van der Waals surface area contributed by atoms with E-state index in [1.165, 1.54) is 5.56 Å². The van der Waals surface area contributed by atoms with Crippen molar-refractivity contribution in [2.24, 2.45) is 0 Å². The van der Waals surface area contributed by atoms with Crippen molar-refractivity contribution in [2.75, 3.05) is 39.9 Å². The Labute approximate surface area is 122 Å². The average molecular weight is 278 g/mol. The van der Waals surface area contributed by atoms with Gasteiger partial charge in [0.1, 0.15) is 12.4 Å². The summed E-state index contributed by atoms with van der Waals surface area (Å²) in [5.74, 6) is 0.952. The van der Waals surface area contributed by atoms with Gasteiger partial charge in [-0.15, -0.1) is 0 Å². The van der Waals surface area contributed by atoms with Crippen LogP contribution in [0.2, 0.25) is 0 Å². The molecule has 1 aromatic carbocycles. The maximum Gasteiger partial charge on any atom is 0.119 e. The maximum absolute atomic E-state index is 5.79. The van der Waals surface area contributed by atoms with E-state index in [4.69, 9.17) is 9.47 Å². The zero-order chi connectivity index (χ0) is 14.2. The molecule has 0 amide bonds. The van der Waals surface area contributed by atoms with E-state index in [1.807, 2.05) is 0 Å². The Bertz CT molecular complexity index is 381. The Morgan fingerprint density at radius 2 is 2.10 bits per heavy atom. The molecule has 1 aliphatic heterocycles. The quantitative estimate of drug-likeness (QED) is 0.787. The minimum atomic E-state index is 0.403. The third kappa shape index (κ3) is 4.78. The van der Waals surface area contributed by atoms with Crippen LogP contribution < -0.4 is 10.1 Å². The van der Waals surface area contributed by atoms with Gasteiger partial charge >= 0.3 is 0 Å². The van der Waals surface area contributed by atoms with E-state index >= 15 is 0 Å². The highest BCUT2D eigenvalue weighted by Crippen LogP contribution is 2.14. The fourth-order valence-corrected chi connectivity index (χ4v) is 2.46. The van der Waals surface area contributed by atoms with E-state index in [-0.39, 0.29) is 0 Å². The van der Waals surface area contributed by atoms with Gasteiger partial charge in [-0.1, -0.05) is 19.1 Å². The van der Waals surface area contributed by atoms with E-state index in [0.717, 1.165) is 51.5 Å². The topological polar surface area (TPSA) is 33.7 Å². The van der Waals surface area contributed by atoms with Crippen LogP contribution >= 0.6 is 0 Å². The molecule has 4 heteroatoms. The lowest BCUT2D eigenvalue weighted by Crippen LogP contribution is -2.27. The monoisotopic (exact) mass is 278 g/mol. The summed E-state index contributed by atoms with van der Waals surface area (Å²) in [6.07, 6.45) is 1.54. The molecule has 0 spiro atoms. The van der Waals surface area contributed by atoms with Gasteiger partial charge in [-0.05, 0) is 30.7 Å². The number of benzene rings is 1. The summed E-state index contributed by atoms with van der Waals surface area (Å²) in [5.41, 5.74) is 1.29. The van der Waals surface area contributed by atoms with Crippen LogP contribution in [0.1, 0.15) is 18.9 Å². The molecule has 1 heterocycles.